The van der Waals surface area contributed by atoms with Crippen molar-refractivity contribution >= 4 is 10.0 Å². The Labute approximate surface area is 191 Å². The maximum absolute atomic E-state index is 13.0. The van der Waals surface area contributed by atoms with Crippen molar-refractivity contribution < 1.29 is 44.2 Å². The molecule has 13 heteroatoms. The van der Waals surface area contributed by atoms with Gasteiger partial charge in [-0.2, -0.15) is 17.5 Å². The molecule has 0 spiro atoms. The molecule has 34 heavy (non-hydrogen) atoms. The van der Waals surface area contributed by atoms with Crippen molar-refractivity contribution in [2.75, 3.05) is 26.2 Å². The lowest BCUT2D eigenvalue weighted by Gasteiger charge is -2.36. The minimum absolute atomic E-state index is 0.0940. The predicted octanol–water partition coefficient (Wildman–Crippen LogP) is 4.13. The Morgan fingerprint density at radius 1 is 0.882 bits per heavy atom. The number of halogens is 6. The van der Waals surface area contributed by atoms with Crippen LogP contribution in [0.2, 0.25) is 0 Å². The van der Waals surface area contributed by atoms with E-state index < -0.39 is 33.0 Å². The van der Waals surface area contributed by atoms with Gasteiger partial charge in [-0.15, -0.1) is 13.2 Å². The first kappa shape index (κ1) is 24.6. The molecule has 2 atom stereocenters. The third kappa shape index (κ3) is 5.58. The highest BCUT2D eigenvalue weighted by atomic mass is 32.2. The Morgan fingerprint density at radius 3 is 2.21 bits per heavy atom. The van der Waals surface area contributed by atoms with Gasteiger partial charge >= 0.3 is 12.5 Å². The number of piperazine rings is 1. The first-order valence-corrected chi connectivity index (χ1v) is 11.7. The Kier molecular flexibility index (Phi) is 6.46. The van der Waals surface area contributed by atoms with Gasteiger partial charge in [0.05, 0.1) is 10.5 Å². The van der Waals surface area contributed by atoms with E-state index in [4.69, 9.17) is 4.74 Å². The van der Waals surface area contributed by atoms with E-state index in [9.17, 15) is 34.8 Å². The summed E-state index contributed by atoms with van der Waals surface area (Å²) in [5.41, 5.74) is -1.03. The minimum atomic E-state index is -4.79. The lowest BCUT2D eigenvalue weighted by atomic mass is 10.1. The van der Waals surface area contributed by atoms with E-state index >= 15 is 0 Å². The van der Waals surface area contributed by atoms with Crippen molar-refractivity contribution in [3.63, 3.8) is 0 Å². The number of hydrogen-bond acceptors (Lipinski definition) is 5. The smallest absolute Gasteiger partial charge is 0.489 e. The molecule has 2 fully saturated rings. The second-order valence-electron chi connectivity index (χ2n) is 8.03. The van der Waals surface area contributed by atoms with E-state index in [1.54, 1.807) is 0 Å². The van der Waals surface area contributed by atoms with Crippen LogP contribution in [0.3, 0.4) is 0 Å². The van der Waals surface area contributed by atoms with Crippen LogP contribution in [0.4, 0.5) is 26.3 Å². The quantitative estimate of drug-likeness (QED) is 0.567. The largest absolute Gasteiger partial charge is 0.573 e. The highest BCUT2D eigenvalue weighted by Gasteiger charge is 2.41. The zero-order valence-electron chi connectivity index (χ0n) is 17.5. The third-order valence-electron chi connectivity index (χ3n) is 5.70. The van der Waals surface area contributed by atoms with E-state index in [-0.39, 0.29) is 31.0 Å². The number of benzene rings is 2. The summed E-state index contributed by atoms with van der Waals surface area (Å²) in [5, 5.41) is 0. The van der Waals surface area contributed by atoms with Gasteiger partial charge in [0, 0.05) is 38.6 Å². The van der Waals surface area contributed by atoms with Gasteiger partial charge in [-0.05, 0) is 42.5 Å². The molecule has 2 aromatic carbocycles. The van der Waals surface area contributed by atoms with Crippen LogP contribution in [0.25, 0.3) is 0 Å². The van der Waals surface area contributed by atoms with Crippen LogP contribution in [0, 0.1) is 0 Å². The molecule has 2 saturated heterocycles. The summed E-state index contributed by atoms with van der Waals surface area (Å²) in [7, 11) is -4.12. The van der Waals surface area contributed by atoms with E-state index in [0.717, 1.165) is 30.3 Å². The third-order valence-corrected chi connectivity index (χ3v) is 7.56. The average Bonchev–Trinajstić information content (AvgIpc) is 3.15. The van der Waals surface area contributed by atoms with Crippen LogP contribution in [-0.2, 0) is 16.2 Å². The predicted molar refractivity (Wildman–Crippen MR) is 108 cm³/mol. The highest BCUT2D eigenvalue weighted by Crippen LogP contribution is 2.33. The van der Waals surface area contributed by atoms with E-state index in [0.29, 0.717) is 31.3 Å². The minimum Gasteiger partial charge on any atom is -0.489 e. The van der Waals surface area contributed by atoms with Crippen LogP contribution < -0.4 is 9.47 Å². The second kappa shape index (κ2) is 8.93. The second-order valence-corrected chi connectivity index (χ2v) is 9.97. The molecule has 0 saturated carbocycles. The summed E-state index contributed by atoms with van der Waals surface area (Å²) < 4.78 is 113. The van der Waals surface area contributed by atoms with Crippen LogP contribution in [-0.4, -0.2) is 62.3 Å². The van der Waals surface area contributed by atoms with Crippen molar-refractivity contribution in [3.8, 4) is 11.5 Å². The Balaban J connectivity index is 1.39. The van der Waals surface area contributed by atoms with Crippen LogP contribution in [0.15, 0.2) is 53.4 Å². The summed E-state index contributed by atoms with van der Waals surface area (Å²) >= 11 is 0. The highest BCUT2D eigenvalue weighted by molar-refractivity contribution is 7.89. The van der Waals surface area contributed by atoms with Gasteiger partial charge in [0.2, 0.25) is 10.0 Å². The molecule has 186 valence electrons. The van der Waals surface area contributed by atoms with Gasteiger partial charge in [0.15, 0.2) is 0 Å². The molecule has 2 aliphatic heterocycles. The normalized spacial score (nSPS) is 22.4. The summed E-state index contributed by atoms with van der Waals surface area (Å²) in [6, 6.07) is 8.42. The van der Waals surface area contributed by atoms with Gasteiger partial charge < -0.3 is 9.47 Å². The van der Waals surface area contributed by atoms with Crippen LogP contribution in [0.1, 0.15) is 12.0 Å². The number of ether oxygens (including phenoxy) is 2. The number of rotatable bonds is 5. The van der Waals surface area contributed by atoms with Crippen LogP contribution >= 0.6 is 0 Å². The van der Waals surface area contributed by atoms with Crippen molar-refractivity contribution in [2.45, 2.75) is 36.0 Å². The first-order valence-electron chi connectivity index (χ1n) is 10.3. The van der Waals surface area contributed by atoms with E-state index in [1.807, 2.05) is 4.90 Å². The van der Waals surface area contributed by atoms with Crippen molar-refractivity contribution in [3.05, 3.63) is 54.1 Å². The van der Waals surface area contributed by atoms with Gasteiger partial charge in [0.25, 0.3) is 0 Å². The molecule has 0 aromatic heterocycles. The molecule has 4 rings (SSSR count). The Hall–Kier alpha value is -2.51. The van der Waals surface area contributed by atoms with Crippen molar-refractivity contribution in [2.24, 2.45) is 0 Å². The number of fused-ring (bicyclic) bond motifs is 1. The Bertz CT molecular complexity index is 1120. The maximum Gasteiger partial charge on any atom is 0.573 e. The first-order chi connectivity index (χ1) is 15.8. The average molecular weight is 510 g/mol. The monoisotopic (exact) mass is 510 g/mol. The SMILES string of the molecule is O=S(=O)(c1cccc(C(F)(F)F)c1)N1CCN2C[C@@H](Oc3ccc(OC(F)(F)F)cc3)C[C@H]2C1. The van der Waals surface area contributed by atoms with Gasteiger partial charge in [-0.25, -0.2) is 8.42 Å². The molecule has 6 nitrogen and oxygen atoms in total. The number of nitrogens with zero attached hydrogens (tertiary/aromatic N) is 2. The number of sulfonamides is 1. The fourth-order valence-corrected chi connectivity index (χ4v) is 5.68. The molecule has 2 aromatic rings. The summed E-state index contributed by atoms with van der Waals surface area (Å²) in [5.74, 6) is -0.0352. The topological polar surface area (TPSA) is 59.1 Å². The number of hydrogen-bond donors (Lipinski definition) is 0. The summed E-state index contributed by atoms with van der Waals surface area (Å²) in [6.07, 6.45) is -9.32. The van der Waals surface area contributed by atoms with Gasteiger partial charge in [-0.1, -0.05) is 6.07 Å². The van der Waals surface area contributed by atoms with Gasteiger partial charge in [-0.3, -0.25) is 4.90 Å². The zero-order valence-corrected chi connectivity index (χ0v) is 18.3. The molecule has 2 aliphatic rings. The molecular weight excluding hydrogens is 490 g/mol. The lowest BCUT2D eigenvalue weighted by Crippen LogP contribution is -2.51. The molecule has 0 bridgehead atoms. The molecule has 0 radical (unpaired) electrons. The fraction of sp³-hybridized carbons (Fsp3) is 0.429. The molecule has 0 N–H and O–H groups in total. The van der Waals surface area contributed by atoms with Crippen LogP contribution in [0.5, 0.6) is 11.5 Å². The molecule has 0 unspecified atom stereocenters. The van der Waals surface area contributed by atoms with E-state index in [2.05, 4.69) is 4.74 Å². The fourth-order valence-electron chi connectivity index (χ4n) is 4.17. The van der Waals surface area contributed by atoms with E-state index in [1.165, 1.54) is 16.4 Å². The number of alkyl halides is 6. The molecule has 0 aliphatic carbocycles. The molecular formula is C21H20F6N2O4S. The summed E-state index contributed by atoms with van der Waals surface area (Å²) in [4.78, 5) is 1.62. The Morgan fingerprint density at radius 2 is 1.56 bits per heavy atom. The standard InChI is InChI=1S/C21H20F6N2O4S/c22-20(23,24)14-2-1-3-19(10-14)34(30,31)29-9-8-28-13-18(11-15(28)12-29)32-16-4-6-17(7-5-16)33-21(25,26)27/h1-7,10,15,18H,8-9,11-13H2/t15-,18-/m0/s1. The lowest BCUT2D eigenvalue weighted by molar-refractivity contribution is -0.274. The maximum atomic E-state index is 13.0. The molecule has 0 amide bonds. The van der Waals surface area contributed by atoms with Crippen molar-refractivity contribution in [1.82, 2.24) is 9.21 Å². The zero-order chi connectivity index (χ0) is 24.7. The molecule has 2 heterocycles. The van der Waals surface area contributed by atoms with Crippen molar-refractivity contribution in [1.29, 1.82) is 0 Å². The summed E-state index contributed by atoms with van der Waals surface area (Å²) in [6.45, 7) is 1.08. The van der Waals surface area contributed by atoms with Gasteiger partial charge in [0.1, 0.15) is 17.6 Å².